The molecule has 1 amide bonds. The Kier molecular flexibility index (Phi) is 3.46. The number of hydrogen-bond acceptors (Lipinski definition) is 5. The molecule has 7 heteroatoms. The number of nitrogens with zero attached hydrogens (tertiary/aromatic N) is 2. The first-order chi connectivity index (χ1) is 13.2. The lowest BCUT2D eigenvalue weighted by molar-refractivity contribution is 0.0704. The number of nitrogens with one attached hydrogen (secondary N) is 1. The molecule has 2 aromatic heterocycles. The highest BCUT2D eigenvalue weighted by Crippen LogP contribution is 2.37. The molecule has 0 fully saturated rings. The van der Waals surface area contributed by atoms with Crippen LogP contribution in [0.25, 0.3) is 11.1 Å². The minimum Gasteiger partial charge on any atom is -0.449 e. The van der Waals surface area contributed by atoms with Crippen molar-refractivity contribution in [1.29, 1.82) is 0 Å². The predicted molar refractivity (Wildman–Crippen MR) is 96.1 cm³/mol. The number of hydrogen-bond donors (Lipinski definition) is 1. The molecule has 1 unspecified atom stereocenters. The molecule has 0 aliphatic carbocycles. The summed E-state index contributed by atoms with van der Waals surface area (Å²) >= 11 is 0. The third kappa shape index (κ3) is 2.64. The van der Waals surface area contributed by atoms with E-state index in [9.17, 15) is 9.59 Å². The molecule has 27 heavy (non-hydrogen) atoms. The topological polar surface area (TPSA) is 92.3 Å². The van der Waals surface area contributed by atoms with Crippen molar-refractivity contribution in [3.05, 3.63) is 88.1 Å². The van der Waals surface area contributed by atoms with Gasteiger partial charge in [-0.15, -0.1) is 0 Å². The first kappa shape index (κ1) is 15.6. The van der Waals surface area contributed by atoms with Crippen molar-refractivity contribution in [3.63, 3.8) is 0 Å². The number of H-pyrrole nitrogens is 1. The molecule has 1 atom stereocenters. The van der Waals surface area contributed by atoms with Gasteiger partial charge >= 0.3 is 5.76 Å². The highest BCUT2D eigenvalue weighted by Gasteiger charge is 2.37. The van der Waals surface area contributed by atoms with Crippen LogP contribution in [0.15, 0.2) is 68.6 Å². The van der Waals surface area contributed by atoms with E-state index in [-0.39, 0.29) is 11.9 Å². The first-order valence-corrected chi connectivity index (χ1v) is 8.59. The quantitative estimate of drug-likeness (QED) is 0.603. The zero-order valence-corrected chi connectivity index (χ0v) is 14.2. The lowest BCUT2D eigenvalue weighted by Crippen LogP contribution is -2.28. The molecule has 1 N–H and O–H groups in total. The monoisotopic (exact) mass is 361 g/mol. The average Bonchev–Trinajstić information content (AvgIpc) is 3.37. The van der Waals surface area contributed by atoms with Crippen molar-refractivity contribution in [2.24, 2.45) is 0 Å². The van der Waals surface area contributed by atoms with Gasteiger partial charge in [0.15, 0.2) is 11.5 Å². The number of rotatable bonds is 4. The van der Waals surface area contributed by atoms with Crippen LogP contribution in [0.1, 0.15) is 33.4 Å². The van der Waals surface area contributed by atoms with E-state index in [1.165, 1.54) is 6.26 Å². The summed E-state index contributed by atoms with van der Waals surface area (Å²) < 4.78 is 10.5. The van der Waals surface area contributed by atoms with Crippen LogP contribution in [0, 0.1) is 0 Å². The van der Waals surface area contributed by atoms with Crippen LogP contribution in [0.4, 0.5) is 0 Å². The molecule has 4 aromatic rings. The summed E-state index contributed by atoms with van der Waals surface area (Å²) in [7, 11) is 0. The average molecular weight is 361 g/mol. The van der Waals surface area contributed by atoms with Crippen LogP contribution in [0.5, 0.6) is 0 Å². The summed E-state index contributed by atoms with van der Waals surface area (Å²) in [6.07, 6.45) is 3.63. The molecule has 0 saturated heterocycles. The van der Waals surface area contributed by atoms with Crippen molar-refractivity contribution < 1.29 is 13.6 Å². The zero-order chi connectivity index (χ0) is 18.4. The van der Waals surface area contributed by atoms with Crippen LogP contribution in [0.3, 0.4) is 0 Å². The van der Waals surface area contributed by atoms with Gasteiger partial charge < -0.3 is 13.7 Å². The summed E-state index contributed by atoms with van der Waals surface area (Å²) in [4.78, 5) is 33.0. The number of carbonyl (C=O) groups excluding carboxylic acids is 1. The van der Waals surface area contributed by atoms with Gasteiger partial charge in [-0.05, 0) is 29.3 Å². The Bertz CT molecular complexity index is 1190. The van der Waals surface area contributed by atoms with E-state index in [0.717, 1.165) is 11.1 Å². The van der Waals surface area contributed by atoms with Gasteiger partial charge in [0.25, 0.3) is 5.91 Å². The molecule has 0 bridgehead atoms. The lowest BCUT2D eigenvalue weighted by atomic mass is 10.0. The number of amides is 1. The standard InChI is InChI=1S/C20H15N3O4/c24-19-14-4-2-1-3-13(14)16(10-18-21-7-8-26-18)23(19)11-12-5-6-15-17(9-12)27-20(25)22-15/h1-9,16H,10-11H2,(H,22,25). The maximum Gasteiger partial charge on any atom is 0.417 e. The molecular formula is C20H15N3O4. The number of carbonyl (C=O) groups is 1. The summed E-state index contributed by atoms with van der Waals surface area (Å²) in [5, 5.41) is 0. The van der Waals surface area contributed by atoms with Crippen molar-refractivity contribution in [2.75, 3.05) is 0 Å². The fraction of sp³-hybridized carbons (Fsp3) is 0.150. The van der Waals surface area contributed by atoms with Crippen LogP contribution in [-0.4, -0.2) is 20.8 Å². The Balaban J connectivity index is 1.52. The second-order valence-electron chi connectivity index (χ2n) is 6.51. The van der Waals surface area contributed by atoms with Crippen molar-refractivity contribution in [2.45, 2.75) is 19.0 Å². The number of fused-ring (bicyclic) bond motifs is 2. The highest BCUT2D eigenvalue weighted by atomic mass is 16.4. The Morgan fingerprint density at radius 3 is 2.89 bits per heavy atom. The van der Waals surface area contributed by atoms with E-state index in [0.29, 0.717) is 35.5 Å². The second-order valence-corrected chi connectivity index (χ2v) is 6.51. The van der Waals surface area contributed by atoms with Crippen molar-refractivity contribution in [1.82, 2.24) is 14.9 Å². The van der Waals surface area contributed by atoms with Gasteiger partial charge in [-0.25, -0.2) is 9.78 Å². The Hall–Kier alpha value is -3.61. The highest BCUT2D eigenvalue weighted by molar-refractivity contribution is 5.99. The number of oxazole rings is 2. The Morgan fingerprint density at radius 1 is 1.15 bits per heavy atom. The van der Waals surface area contributed by atoms with Gasteiger partial charge in [0.2, 0.25) is 0 Å². The summed E-state index contributed by atoms with van der Waals surface area (Å²) in [5.41, 5.74) is 3.66. The summed E-state index contributed by atoms with van der Waals surface area (Å²) in [6.45, 7) is 0.393. The van der Waals surface area contributed by atoms with Gasteiger partial charge in [0.05, 0.1) is 17.8 Å². The zero-order valence-electron chi connectivity index (χ0n) is 14.2. The molecule has 0 saturated carbocycles. The van der Waals surface area contributed by atoms with Crippen LogP contribution in [0.2, 0.25) is 0 Å². The first-order valence-electron chi connectivity index (χ1n) is 8.59. The predicted octanol–water partition coefficient (Wildman–Crippen LogP) is 3.05. The maximum atomic E-state index is 13.0. The fourth-order valence-electron chi connectivity index (χ4n) is 3.65. The fourth-order valence-corrected chi connectivity index (χ4v) is 3.65. The molecule has 3 heterocycles. The van der Waals surface area contributed by atoms with Crippen molar-refractivity contribution >= 4 is 17.0 Å². The van der Waals surface area contributed by atoms with Gasteiger partial charge in [-0.1, -0.05) is 24.3 Å². The third-order valence-corrected chi connectivity index (χ3v) is 4.88. The minimum atomic E-state index is -0.492. The molecule has 0 spiro atoms. The normalized spacial score (nSPS) is 16.2. The molecule has 2 aromatic carbocycles. The van der Waals surface area contributed by atoms with E-state index in [2.05, 4.69) is 9.97 Å². The SMILES string of the molecule is O=C1c2ccccc2C(Cc2ncco2)N1Cc1ccc2[nH]c(=O)oc2c1. The number of aromatic nitrogens is 2. The van der Waals surface area contributed by atoms with Crippen LogP contribution >= 0.6 is 0 Å². The van der Waals surface area contributed by atoms with Gasteiger partial charge in [0, 0.05) is 18.5 Å². The molecule has 0 radical (unpaired) electrons. The second kappa shape index (κ2) is 5.98. The lowest BCUT2D eigenvalue weighted by Gasteiger charge is -2.24. The van der Waals surface area contributed by atoms with E-state index >= 15 is 0 Å². The largest absolute Gasteiger partial charge is 0.449 e. The Morgan fingerprint density at radius 2 is 2.04 bits per heavy atom. The van der Waals surface area contributed by atoms with Crippen LogP contribution < -0.4 is 5.76 Å². The Labute approximate surface area is 153 Å². The molecule has 134 valence electrons. The van der Waals surface area contributed by atoms with E-state index in [4.69, 9.17) is 8.83 Å². The molecule has 1 aliphatic rings. The van der Waals surface area contributed by atoms with E-state index in [1.807, 2.05) is 30.3 Å². The van der Waals surface area contributed by atoms with E-state index < -0.39 is 5.76 Å². The number of aromatic amines is 1. The molecule has 5 rings (SSSR count). The van der Waals surface area contributed by atoms with Gasteiger partial charge in [-0.2, -0.15) is 0 Å². The van der Waals surface area contributed by atoms with Gasteiger partial charge in [-0.3, -0.25) is 9.78 Å². The maximum absolute atomic E-state index is 13.0. The summed E-state index contributed by atoms with van der Waals surface area (Å²) in [6, 6.07) is 12.9. The molecule has 1 aliphatic heterocycles. The number of benzene rings is 2. The van der Waals surface area contributed by atoms with Gasteiger partial charge in [0.1, 0.15) is 6.26 Å². The smallest absolute Gasteiger partial charge is 0.417 e. The minimum absolute atomic E-state index is 0.0298. The molecule has 7 nitrogen and oxygen atoms in total. The third-order valence-electron chi connectivity index (χ3n) is 4.88. The van der Waals surface area contributed by atoms with Crippen LogP contribution in [-0.2, 0) is 13.0 Å². The molecular weight excluding hydrogens is 346 g/mol. The van der Waals surface area contributed by atoms with E-state index in [1.54, 1.807) is 23.2 Å². The van der Waals surface area contributed by atoms with Crippen molar-refractivity contribution in [3.8, 4) is 0 Å². The summed E-state index contributed by atoms with van der Waals surface area (Å²) in [5.74, 6) is 0.0629.